The lowest BCUT2D eigenvalue weighted by Gasteiger charge is -2.25. The van der Waals surface area contributed by atoms with Crippen LogP contribution in [0.2, 0.25) is 0 Å². The predicted molar refractivity (Wildman–Crippen MR) is 91.0 cm³/mol. The van der Waals surface area contributed by atoms with Crippen molar-refractivity contribution in [2.45, 2.75) is 45.6 Å². The maximum absolute atomic E-state index is 13.8. The summed E-state index contributed by atoms with van der Waals surface area (Å²) in [4.78, 5) is 14.6. The van der Waals surface area contributed by atoms with Crippen LogP contribution in [0.3, 0.4) is 0 Å². The van der Waals surface area contributed by atoms with Gasteiger partial charge < -0.3 is 4.90 Å². The molecule has 1 aromatic carbocycles. The average molecular weight is 347 g/mol. The molecule has 2 aromatic rings. The third-order valence-electron chi connectivity index (χ3n) is 5.11. The summed E-state index contributed by atoms with van der Waals surface area (Å²) in [6.07, 6.45) is 2.23. The molecule has 0 saturated carbocycles. The molecule has 4 nitrogen and oxygen atoms in total. The van der Waals surface area contributed by atoms with E-state index < -0.39 is 11.6 Å². The molecule has 0 spiro atoms. The molecule has 1 fully saturated rings. The molecule has 1 unspecified atom stereocenters. The minimum atomic E-state index is -0.870. The van der Waals surface area contributed by atoms with Gasteiger partial charge in [-0.15, -0.1) is 0 Å². The van der Waals surface area contributed by atoms with E-state index in [-0.39, 0.29) is 30.4 Å². The molecule has 1 amide bonds. The van der Waals surface area contributed by atoms with Crippen LogP contribution in [0.5, 0.6) is 0 Å². The van der Waals surface area contributed by atoms with Crippen LogP contribution in [0, 0.1) is 25.5 Å². The van der Waals surface area contributed by atoms with Crippen LogP contribution in [0.1, 0.15) is 47.8 Å². The van der Waals surface area contributed by atoms with E-state index in [4.69, 9.17) is 0 Å². The molecule has 1 aliphatic heterocycles. The third-order valence-corrected chi connectivity index (χ3v) is 5.11. The van der Waals surface area contributed by atoms with Crippen LogP contribution in [0.15, 0.2) is 18.2 Å². The zero-order valence-corrected chi connectivity index (χ0v) is 14.9. The van der Waals surface area contributed by atoms with Crippen LogP contribution in [0.25, 0.3) is 0 Å². The second-order valence-electron chi connectivity index (χ2n) is 6.67. The van der Waals surface area contributed by atoms with Crippen LogP contribution >= 0.6 is 0 Å². The Kier molecular flexibility index (Phi) is 4.88. The second-order valence-corrected chi connectivity index (χ2v) is 6.67. The van der Waals surface area contributed by atoms with Crippen LogP contribution in [-0.4, -0.2) is 27.1 Å². The Morgan fingerprint density at radius 2 is 2.08 bits per heavy atom. The molecule has 0 bridgehead atoms. The molecule has 0 N–H and O–H groups in total. The summed E-state index contributed by atoms with van der Waals surface area (Å²) in [5.74, 6) is -1.74. The fraction of sp³-hybridized carbons (Fsp3) is 0.474. The molecule has 0 aliphatic carbocycles. The predicted octanol–water partition coefficient (Wildman–Crippen LogP) is 3.61. The van der Waals surface area contributed by atoms with Gasteiger partial charge in [0, 0.05) is 31.3 Å². The highest BCUT2D eigenvalue weighted by atomic mass is 19.2. The lowest BCUT2D eigenvalue weighted by molar-refractivity contribution is -0.132. The SMILES string of the molecule is Cc1nn(C)c(C)c1C1CCCN1C(=O)CCc1cccc(F)c1F. The van der Waals surface area contributed by atoms with Crippen molar-refractivity contribution in [3.05, 3.63) is 52.3 Å². The van der Waals surface area contributed by atoms with Crippen molar-refractivity contribution in [2.75, 3.05) is 6.54 Å². The fourth-order valence-corrected chi connectivity index (χ4v) is 3.76. The van der Waals surface area contributed by atoms with Gasteiger partial charge in [0.05, 0.1) is 11.7 Å². The first-order chi connectivity index (χ1) is 11.9. The van der Waals surface area contributed by atoms with E-state index in [2.05, 4.69) is 5.10 Å². The van der Waals surface area contributed by atoms with Gasteiger partial charge in [0.1, 0.15) is 0 Å². The molecule has 1 aromatic heterocycles. The summed E-state index contributed by atoms with van der Waals surface area (Å²) in [6, 6.07) is 4.12. The second kappa shape index (κ2) is 6.94. The van der Waals surface area contributed by atoms with E-state index in [1.54, 1.807) is 0 Å². The summed E-state index contributed by atoms with van der Waals surface area (Å²) in [6.45, 7) is 4.67. The number of hydrogen-bond acceptors (Lipinski definition) is 2. The van der Waals surface area contributed by atoms with E-state index in [1.807, 2.05) is 30.5 Å². The molecule has 1 atom stereocenters. The van der Waals surface area contributed by atoms with Gasteiger partial charge in [-0.3, -0.25) is 9.48 Å². The number of likely N-dealkylation sites (tertiary alicyclic amines) is 1. The van der Waals surface area contributed by atoms with Gasteiger partial charge in [-0.1, -0.05) is 12.1 Å². The van der Waals surface area contributed by atoms with Gasteiger partial charge in [0.15, 0.2) is 11.6 Å². The monoisotopic (exact) mass is 347 g/mol. The lowest BCUT2D eigenvalue weighted by Crippen LogP contribution is -2.31. The van der Waals surface area contributed by atoms with Gasteiger partial charge in [0.25, 0.3) is 0 Å². The maximum Gasteiger partial charge on any atom is 0.223 e. The fourth-order valence-electron chi connectivity index (χ4n) is 3.76. The number of rotatable bonds is 4. The Hall–Kier alpha value is -2.24. The van der Waals surface area contributed by atoms with E-state index in [1.165, 1.54) is 12.1 Å². The molecule has 2 heterocycles. The molecule has 6 heteroatoms. The van der Waals surface area contributed by atoms with Gasteiger partial charge in [-0.05, 0) is 44.7 Å². The summed E-state index contributed by atoms with van der Waals surface area (Å²) < 4.78 is 28.9. The van der Waals surface area contributed by atoms with Crippen molar-refractivity contribution < 1.29 is 13.6 Å². The van der Waals surface area contributed by atoms with Crippen molar-refractivity contribution in [1.29, 1.82) is 0 Å². The largest absolute Gasteiger partial charge is 0.336 e. The van der Waals surface area contributed by atoms with Gasteiger partial charge in [0.2, 0.25) is 5.91 Å². The lowest BCUT2D eigenvalue weighted by atomic mass is 10.0. The molecule has 1 saturated heterocycles. The summed E-state index contributed by atoms with van der Waals surface area (Å²) >= 11 is 0. The van der Waals surface area contributed by atoms with Crippen LogP contribution in [0.4, 0.5) is 8.78 Å². The third kappa shape index (κ3) is 3.30. The minimum absolute atomic E-state index is 0.0196. The molecule has 3 rings (SSSR count). The Balaban J connectivity index is 1.74. The molecule has 134 valence electrons. The van der Waals surface area contributed by atoms with Crippen LogP contribution in [-0.2, 0) is 18.3 Å². The number of carbonyl (C=O) groups is 1. The van der Waals surface area contributed by atoms with E-state index in [0.717, 1.165) is 35.9 Å². The summed E-state index contributed by atoms with van der Waals surface area (Å²) in [7, 11) is 1.90. The zero-order valence-electron chi connectivity index (χ0n) is 14.9. The number of halogens is 2. The van der Waals surface area contributed by atoms with E-state index in [0.29, 0.717) is 6.54 Å². The first-order valence-electron chi connectivity index (χ1n) is 8.62. The Labute approximate surface area is 146 Å². The van der Waals surface area contributed by atoms with Crippen molar-refractivity contribution >= 4 is 5.91 Å². The van der Waals surface area contributed by atoms with Crippen LogP contribution < -0.4 is 0 Å². The van der Waals surface area contributed by atoms with Crippen molar-refractivity contribution in [1.82, 2.24) is 14.7 Å². The zero-order chi connectivity index (χ0) is 18.1. The number of aryl methyl sites for hydroxylation is 3. The standard InChI is InChI=1S/C19H23F2N3O/c1-12-18(13(2)23(3)22-12)16-8-5-11-24(16)17(25)10-9-14-6-4-7-15(20)19(14)21/h4,6-7,16H,5,8-11H2,1-3H3. The number of carbonyl (C=O) groups excluding carboxylic acids is 1. The number of amides is 1. The number of aromatic nitrogens is 2. The average Bonchev–Trinajstić information content (AvgIpc) is 3.13. The Morgan fingerprint density at radius 1 is 1.32 bits per heavy atom. The Bertz CT molecular complexity index is 800. The minimum Gasteiger partial charge on any atom is -0.336 e. The number of benzene rings is 1. The maximum atomic E-state index is 13.8. The number of hydrogen-bond donors (Lipinski definition) is 0. The van der Waals surface area contributed by atoms with Crippen molar-refractivity contribution in [2.24, 2.45) is 7.05 Å². The van der Waals surface area contributed by atoms with Gasteiger partial charge in [-0.2, -0.15) is 5.10 Å². The van der Waals surface area contributed by atoms with E-state index >= 15 is 0 Å². The molecule has 1 aliphatic rings. The smallest absolute Gasteiger partial charge is 0.223 e. The van der Waals surface area contributed by atoms with Gasteiger partial charge >= 0.3 is 0 Å². The normalized spacial score (nSPS) is 17.3. The molecule has 0 radical (unpaired) electrons. The quantitative estimate of drug-likeness (QED) is 0.847. The topological polar surface area (TPSA) is 38.1 Å². The van der Waals surface area contributed by atoms with Crippen molar-refractivity contribution in [3.63, 3.8) is 0 Å². The highest BCUT2D eigenvalue weighted by Gasteiger charge is 2.33. The first kappa shape index (κ1) is 17.6. The highest BCUT2D eigenvalue weighted by molar-refractivity contribution is 5.77. The Morgan fingerprint density at radius 3 is 2.76 bits per heavy atom. The van der Waals surface area contributed by atoms with E-state index in [9.17, 15) is 13.6 Å². The number of nitrogens with zero attached hydrogens (tertiary/aromatic N) is 3. The molecular formula is C19H23F2N3O. The summed E-state index contributed by atoms with van der Waals surface area (Å²) in [5, 5.41) is 4.45. The highest BCUT2D eigenvalue weighted by Crippen LogP contribution is 2.35. The molecule has 25 heavy (non-hydrogen) atoms. The van der Waals surface area contributed by atoms with Gasteiger partial charge in [-0.25, -0.2) is 8.78 Å². The summed E-state index contributed by atoms with van der Waals surface area (Å²) in [5.41, 5.74) is 3.38. The molecular weight excluding hydrogens is 324 g/mol. The van der Waals surface area contributed by atoms with Crippen molar-refractivity contribution in [3.8, 4) is 0 Å². The first-order valence-corrected chi connectivity index (χ1v) is 8.62.